The van der Waals surface area contributed by atoms with Gasteiger partial charge >= 0.3 is 0 Å². The number of benzene rings is 1. The van der Waals surface area contributed by atoms with Crippen LogP contribution in [0.2, 0.25) is 5.02 Å². The van der Waals surface area contributed by atoms with Crippen LogP contribution in [-0.2, 0) is 6.42 Å². The van der Waals surface area contributed by atoms with Crippen LogP contribution in [0, 0.1) is 11.7 Å². The Hall–Kier alpha value is -0.600. The molecule has 1 aromatic rings. The first-order valence-corrected chi connectivity index (χ1v) is 5.07. The highest BCUT2D eigenvalue weighted by molar-refractivity contribution is 6.30. The summed E-state index contributed by atoms with van der Waals surface area (Å²) in [5.74, 6) is 0.0838. The largest absolute Gasteiger partial charge is 0.327 e. The normalized spacial score (nSPS) is 13.3. The summed E-state index contributed by atoms with van der Waals surface area (Å²) in [5, 5.41) is 0.427. The Balaban J connectivity index is 2.76. The molecule has 1 unspecified atom stereocenters. The second kappa shape index (κ2) is 4.76. The number of hydrogen-bond donors (Lipinski definition) is 1. The van der Waals surface area contributed by atoms with Gasteiger partial charge in [-0.05, 0) is 36.1 Å². The summed E-state index contributed by atoms with van der Waals surface area (Å²) in [7, 11) is 0. The molecule has 78 valence electrons. The van der Waals surface area contributed by atoms with E-state index in [1.807, 2.05) is 13.8 Å². The van der Waals surface area contributed by atoms with Crippen LogP contribution in [-0.4, -0.2) is 6.04 Å². The van der Waals surface area contributed by atoms with Crippen molar-refractivity contribution in [2.24, 2.45) is 11.7 Å². The van der Waals surface area contributed by atoms with Gasteiger partial charge in [0.15, 0.2) is 0 Å². The van der Waals surface area contributed by atoms with Crippen molar-refractivity contribution in [3.05, 3.63) is 34.6 Å². The van der Waals surface area contributed by atoms with Gasteiger partial charge < -0.3 is 5.73 Å². The lowest BCUT2D eigenvalue weighted by molar-refractivity contribution is 0.489. The molecule has 1 rings (SSSR count). The van der Waals surface area contributed by atoms with Gasteiger partial charge in [0.2, 0.25) is 0 Å². The average molecular weight is 216 g/mol. The lowest BCUT2D eigenvalue weighted by Gasteiger charge is -2.15. The molecule has 2 N–H and O–H groups in total. The van der Waals surface area contributed by atoms with Gasteiger partial charge in [0.25, 0.3) is 0 Å². The molecule has 0 saturated heterocycles. The van der Waals surface area contributed by atoms with Crippen LogP contribution in [0.4, 0.5) is 4.39 Å². The predicted molar refractivity (Wildman–Crippen MR) is 57.9 cm³/mol. The Bertz CT molecular complexity index is 292. The standard InChI is InChI=1S/C11H15ClFN/c1-7(2)11(14)5-8-3-9(12)6-10(13)4-8/h3-4,6-7,11H,5,14H2,1-2H3. The molecule has 0 aromatic heterocycles. The van der Waals surface area contributed by atoms with Crippen LogP contribution in [0.5, 0.6) is 0 Å². The lowest BCUT2D eigenvalue weighted by Crippen LogP contribution is -2.28. The molecule has 0 fully saturated rings. The molecule has 0 aliphatic carbocycles. The minimum atomic E-state index is -0.302. The van der Waals surface area contributed by atoms with E-state index in [0.717, 1.165) is 5.56 Å². The Morgan fingerprint density at radius 3 is 2.50 bits per heavy atom. The smallest absolute Gasteiger partial charge is 0.124 e. The zero-order valence-electron chi connectivity index (χ0n) is 8.43. The fourth-order valence-corrected chi connectivity index (χ4v) is 1.48. The highest BCUT2D eigenvalue weighted by atomic mass is 35.5. The zero-order chi connectivity index (χ0) is 10.7. The maximum Gasteiger partial charge on any atom is 0.124 e. The van der Waals surface area contributed by atoms with Gasteiger partial charge in [0.1, 0.15) is 5.82 Å². The predicted octanol–water partition coefficient (Wildman–Crippen LogP) is 3.00. The van der Waals surface area contributed by atoms with E-state index in [1.54, 1.807) is 6.07 Å². The topological polar surface area (TPSA) is 26.0 Å². The number of hydrogen-bond acceptors (Lipinski definition) is 1. The molecule has 0 bridgehead atoms. The third-order valence-corrected chi connectivity index (χ3v) is 2.47. The van der Waals surface area contributed by atoms with Crippen molar-refractivity contribution in [1.29, 1.82) is 0 Å². The van der Waals surface area contributed by atoms with Gasteiger partial charge in [0.05, 0.1) is 0 Å². The SMILES string of the molecule is CC(C)C(N)Cc1cc(F)cc(Cl)c1. The summed E-state index contributed by atoms with van der Waals surface area (Å²) in [6, 6.07) is 4.58. The van der Waals surface area contributed by atoms with E-state index >= 15 is 0 Å². The average Bonchev–Trinajstić information content (AvgIpc) is 2.01. The molecule has 1 aromatic carbocycles. The van der Waals surface area contributed by atoms with E-state index in [2.05, 4.69) is 0 Å². The van der Waals surface area contributed by atoms with E-state index in [0.29, 0.717) is 17.4 Å². The summed E-state index contributed by atoms with van der Waals surface area (Å²) in [5.41, 5.74) is 6.74. The number of nitrogens with two attached hydrogens (primary N) is 1. The third kappa shape index (κ3) is 3.28. The Morgan fingerprint density at radius 1 is 1.36 bits per heavy atom. The van der Waals surface area contributed by atoms with Crippen LogP contribution in [0.3, 0.4) is 0 Å². The second-order valence-electron chi connectivity index (χ2n) is 3.89. The molecule has 3 heteroatoms. The number of rotatable bonds is 3. The highest BCUT2D eigenvalue weighted by Crippen LogP contribution is 2.16. The Kier molecular flexibility index (Phi) is 3.90. The van der Waals surface area contributed by atoms with Crippen molar-refractivity contribution in [1.82, 2.24) is 0 Å². The Labute approximate surface area is 89.1 Å². The minimum absolute atomic E-state index is 0.0490. The lowest BCUT2D eigenvalue weighted by atomic mass is 9.97. The van der Waals surface area contributed by atoms with Gasteiger partial charge in [0, 0.05) is 11.1 Å². The van der Waals surface area contributed by atoms with E-state index in [9.17, 15) is 4.39 Å². The van der Waals surface area contributed by atoms with Crippen molar-refractivity contribution in [3.8, 4) is 0 Å². The van der Waals surface area contributed by atoms with Crippen LogP contribution < -0.4 is 5.73 Å². The molecule has 1 nitrogen and oxygen atoms in total. The molecular weight excluding hydrogens is 201 g/mol. The van der Waals surface area contributed by atoms with Crippen LogP contribution >= 0.6 is 11.6 Å². The molecule has 0 radical (unpaired) electrons. The number of halogens is 2. The summed E-state index contributed by atoms with van der Waals surface area (Å²) in [6.45, 7) is 4.09. The third-order valence-electron chi connectivity index (χ3n) is 2.25. The summed E-state index contributed by atoms with van der Waals surface area (Å²) in [4.78, 5) is 0. The van der Waals surface area contributed by atoms with Crippen molar-refractivity contribution >= 4 is 11.6 Å². The van der Waals surface area contributed by atoms with Crippen LogP contribution in [0.15, 0.2) is 18.2 Å². The molecule has 0 aliphatic heterocycles. The van der Waals surface area contributed by atoms with Crippen molar-refractivity contribution in [3.63, 3.8) is 0 Å². The van der Waals surface area contributed by atoms with Gasteiger partial charge in [-0.3, -0.25) is 0 Å². The van der Waals surface area contributed by atoms with Gasteiger partial charge in [-0.15, -0.1) is 0 Å². The molecule has 1 atom stereocenters. The van der Waals surface area contributed by atoms with E-state index < -0.39 is 0 Å². The molecule has 14 heavy (non-hydrogen) atoms. The molecule has 0 heterocycles. The fraction of sp³-hybridized carbons (Fsp3) is 0.455. The molecule has 0 aliphatic rings. The Morgan fingerprint density at radius 2 is 2.00 bits per heavy atom. The highest BCUT2D eigenvalue weighted by Gasteiger charge is 2.09. The molecule has 0 saturated carbocycles. The van der Waals surface area contributed by atoms with E-state index in [-0.39, 0.29) is 11.9 Å². The maximum atomic E-state index is 13.0. The first kappa shape index (κ1) is 11.5. The summed E-state index contributed by atoms with van der Waals surface area (Å²) in [6.07, 6.45) is 0.662. The summed E-state index contributed by atoms with van der Waals surface area (Å²) < 4.78 is 13.0. The van der Waals surface area contributed by atoms with Gasteiger partial charge in [-0.2, -0.15) is 0 Å². The molecule has 0 spiro atoms. The molecular formula is C11H15ClFN. The van der Waals surface area contributed by atoms with Crippen molar-refractivity contribution in [2.45, 2.75) is 26.3 Å². The van der Waals surface area contributed by atoms with Crippen molar-refractivity contribution < 1.29 is 4.39 Å². The fourth-order valence-electron chi connectivity index (χ4n) is 1.24. The second-order valence-corrected chi connectivity index (χ2v) is 4.33. The first-order chi connectivity index (χ1) is 6.49. The van der Waals surface area contributed by atoms with Crippen LogP contribution in [0.1, 0.15) is 19.4 Å². The van der Waals surface area contributed by atoms with Crippen LogP contribution in [0.25, 0.3) is 0 Å². The first-order valence-electron chi connectivity index (χ1n) is 4.69. The van der Waals surface area contributed by atoms with Gasteiger partial charge in [-0.25, -0.2) is 4.39 Å². The zero-order valence-corrected chi connectivity index (χ0v) is 9.18. The van der Waals surface area contributed by atoms with Crippen molar-refractivity contribution in [2.75, 3.05) is 0 Å². The summed E-state index contributed by atoms with van der Waals surface area (Å²) >= 11 is 5.73. The minimum Gasteiger partial charge on any atom is -0.327 e. The quantitative estimate of drug-likeness (QED) is 0.824. The monoisotopic (exact) mass is 215 g/mol. The van der Waals surface area contributed by atoms with E-state index in [1.165, 1.54) is 12.1 Å². The van der Waals surface area contributed by atoms with E-state index in [4.69, 9.17) is 17.3 Å². The maximum absolute atomic E-state index is 13.0. The van der Waals surface area contributed by atoms with Gasteiger partial charge in [-0.1, -0.05) is 25.4 Å². The molecule has 0 amide bonds.